The Morgan fingerprint density at radius 3 is 2.45 bits per heavy atom. The molecule has 0 atom stereocenters. The van der Waals surface area contributed by atoms with Crippen molar-refractivity contribution in [2.45, 2.75) is 18.2 Å². The molecule has 0 bridgehead atoms. The number of para-hydroxylation sites is 1. The van der Waals surface area contributed by atoms with Gasteiger partial charge in [0.1, 0.15) is 0 Å². The van der Waals surface area contributed by atoms with Crippen molar-refractivity contribution in [2.75, 3.05) is 22.5 Å². The Hall–Kier alpha value is -3.05. The summed E-state index contributed by atoms with van der Waals surface area (Å²) in [5.74, 6) is 0.383. The summed E-state index contributed by atoms with van der Waals surface area (Å²) in [5, 5.41) is 2.90. The van der Waals surface area contributed by atoms with E-state index in [1.165, 1.54) is 17.3 Å². The highest BCUT2D eigenvalue weighted by atomic mass is 32.2. The van der Waals surface area contributed by atoms with Crippen molar-refractivity contribution in [3.63, 3.8) is 0 Å². The van der Waals surface area contributed by atoms with Crippen LogP contribution in [0, 0.1) is 6.92 Å². The number of rotatable bonds is 5. The van der Waals surface area contributed by atoms with E-state index >= 15 is 0 Å². The molecule has 29 heavy (non-hydrogen) atoms. The molecule has 4 rings (SSSR count). The Bertz CT molecular complexity index is 1030. The lowest BCUT2D eigenvalue weighted by atomic mass is 10.1. The molecule has 3 aromatic carbocycles. The first-order chi connectivity index (χ1) is 14.1. The van der Waals surface area contributed by atoms with Gasteiger partial charge in [0.05, 0.1) is 5.75 Å². The van der Waals surface area contributed by atoms with Crippen LogP contribution in [0.5, 0.6) is 0 Å². The third-order valence-corrected chi connectivity index (χ3v) is 5.97. The number of benzene rings is 3. The first kappa shape index (κ1) is 19.3. The molecule has 0 unspecified atom stereocenters. The Balaban J connectivity index is 1.32. The van der Waals surface area contributed by atoms with Gasteiger partial charge in [-0.25, -0.2) is 0 Å². The van der Waals surface area contributed by atoms with E-state index in [2.05, 4.69) is 11.4 Å². The van der Waals surface area contributed by atoms with Gasteiger partial charge in [0.25, 0.3) is 5.91 Å². The van der Waals surface area contributed by atoms with Gasteiger partial charge in [-0.2, -0.15) is 0 Å². The maximum absolute atomic E-state index is 12.6. The lowest BCUT2D eigenvalue weighted by Gasteiger charge is -2.17. The van der Waals surface area contributed by atoms with E-state index in [0.29, 0.717) is 11.3 Å². The smallest absolute Gasteiger partial charge is 0.255 e. The monoisotopic (exact) mass is 402 g/mol. The third-order valence-electron chi connectivity index (χ3n) is 4.98. The van der Waals surface area contributed by atoms with Crippen molar-refractivity contribution < 1.29 is 9.59 Å². The molecule has 0 aromatic heterocycles. The van der Waals surface area contributed by atoms with Crippen LogP contribution < -0.4 is 10.2 Å². The second kappa shape index (κ2) is 8.53. The van der Waals surface area contributed by atoms with Crippen LogP contribution in [-0.4, -0.2) is 24.1 Å². The van der Waals surface area contributed by atoms with Crippen LogP contribution in [0.4, 0.5) is 11.4 Å². The van der Waals surface area contributed by atoms with Gasteiger partial charge in [0.15, 0.2) is 0 Å². The van der Waals surface area contributed by atoms with Crippen LogP contribution >= 0.6 is 11.8 Å². The molecule has 1 aliphatic rings. The minimum absolute atomic E-state index is 0.122. The number of hydrogen-bond acceptors (Lipinski definition) is 3. The maximum atomic E-state index is 12.6. The average Bonchev–Trinajstić information content (AvgIpc) is 3.18. The molecule has 0 saturated heterocycles. The Morgan fingerprint density at radius 1 is 0.966 bits per heavy atom. The van der Waals surface area contributed by atoms with E-state index in [0.717, 1.165) is 34.8 Å². The van der Waals surface area contributed by atoms with E-state index in [9.17, 15) is 9.59 Å². The molecule has 0 spiro atoms. The molecule has 0 saturated carbocycles. The van der Waals surface area contributed by atoms with E-state index in [-0.39, 0.29) is 11.8 Å². The molecule has 0 aliphatic carbocycles. The molecule has 1 heterocycles. The number of aryl methyl sites for hydroxylation is 1. The highest BCUT2D eigenvalue weighted by Gasteiger charge is 2.23. The number of amides is 2. The fourth-order valence-electron chi connectivity index (χ4n) is 3.36. The zero-order valence-electron chi connectivity index (χ0n) is 16.2. The lowest BCUT2D eigenvalue weighted by molar-refractivity contribution is -0.116. The molecule has 1 aliphatic heterocycles. The van der Waals surface area contributed by atoms with Crippen LogP contribution in [0.1, 0.15) is 21.5 Å². The minimum atomic E-state index is -0.131. The van der Waals surface area contributed by atoms with Gasteiger partial charge >= 0.3 is 0 Å². The second-order valence-electron chi connectivity index (χ2n) is 7.06. The Morgan fingerprint density at radius 2 is 1.69 bits per heavy atom. The van der Waals surface area contributed by atoms with Crippen LogP contribution in [-0.2, 0) is 11.2 Å². The zero-order chi connectivity index (χ0) is 20.2. The van der Waals surface area contributed by atoms with Crippen LogP contribution in [0.3, 0.4) is 0 Å². The maximum Gasteiger partial charge on any atom is 0.255 e. The number of fused-ring (bicyclic) bond motifs is 1. The predicted octanol–water partition coefficient (Wildman–Crippen LogP) is 4.93. The molecule has 5 heteroatoms. The average molecular weight is 403 g/mol. The first-order valence-corrected chi connectivity index (χ1v) is 10.6. The number of carbonyl (C=O) groups excluding carboxylic acids is 2. The number of anilines is 2. The second-order valence-corrected chi connectivity index (χ2v) is 8.11. The Kier molecular flexibility index (Phi) is 5.67. The molecule has 0 radical (unpaired) electrons. The normalized spacial score (nSPS) is 12.5. The molecular formula is C24H22N2O2S. The zero-order valence-corrected chi connectivity index (χ0v) is 17.0. The summed E-state index contributed by atoms with van der Waals surface area (Å²) in [4.78, 5) is 27.8. The number of nitrogens with zero attached hydrogens (tertiary/aromatic N) is 1. The summed E-state index contributed by atoms with van der Waals surface area (Å²) in [6.07, 6.45) is 0.919. The molecule has 3 aromatic rings. The van der Waals surface area contributed by atoms with Crippen molar-refractivity contribution in [2.24, 2.45) is 0 Å². The van der Waals surface area contributed by atoms with Crippen molar-refractivity contribution in [3.05, 3.63) is 89.5 Å². The van der Waals surface area contributed by atoms with Gasteiger partial charge in [-0.15, -0.1) is 11.8 Å². The fourth-order valence-corrected chi connectivity index (χ4v) is 4.14. The summed E-state index contributed by atoms with van der Waals surface area (Å²) >= 11 is 1.51. The number of nitrogens with one attached hydrogen (secondary N) is 1. The van der Waals surface area contributed by atoms with Crippen molar-refractivity contribution in [1.82, 2.24) is 0 Å². The van der Waals surface area contributed by atoms with Crippen LogP contribution in [0.25, 0.3) is 0 Å². The quantitative estimate of drug-likeness (QED) is 0.616. The fraction of sp³-hybridized carbons (Fsp3) is 0.167. The minimum Gasteiger partial charge on any atom is -0.322 e. The van der Waals surface area contributed by atoms with Gasteiger partial charge in [-0.3, -0.25) is 9.59 Å². The molecule has 1 N–H and O–H groups in total. The van der Waals surface area contributed by atoms with Gasteiger partial charge in [0, 0.05) is 28.4 Å². The molecular weight excluding hydrogens is 380 g/mol. The van der Waals surface area contributed by atoms with Gasteiger partial charge in [-0.1, -0.05) is 35.9 Å². The summed E-state index contributed by atoms with van der Waals surface area (Å²) in [6, 6.07) is 23.1. The van der Waals surface area contributed by atoms with Crippen molar-refractivity contribution in [3.8, 4) is 0 Å². The number of hydrogen-bond donors (Lipinski definition) is 1. The summed E-state index contributed by atoms with van der Waals surface area (Å²) < 4.78 is 0. The Labute approximate surface area is 174 Å². The third kappa shape index (κ3) is 4.51. The van der Waals surface area contributed by atoms with E-state index in [1.807, 2.05) is 78.6 Å². The standard InChI is InChI=1S/C24H22N2O2S/c1-17-6-8-19(9-7-17)24(28)25-20-10-12-21(13-11-20)29-16-23(27)26-15-14-18-4-2-3-5-22(18)26/h2-13H,14-16H2,1H3,(H,25,28). The molecule has 2 amide bonds. The molecule has 146 valence electrons. The van der Waals surface area contributed by atoms with Crippen molar-refractivity contribution in [1.29, 1.82) is 0 Å². The van der Waals surface area contributed by atoms with Crippen LogP contribution in [0.2, 0.25) is 0 Å². The first-order valence-electron chi connectivity index (χ1n) is 9.59. The SMILES string of the molecule is Cc1ccc(C(=O)Nc2ccc(SCC(=O)N3CCc4ccccc43)cc2)cc1. The van der Waals surface area contributed by atoms with Crippen LogP contribution in [0.15, 0.2) is 77.7 Å². The largest absolute Gasteiger partial charge is 0.322 e. The summed E-state index contributed by atoms with van der Waals surface area (Å²) in [7, 11) is 0. The highest BCUT2D eigenvalue weighted by molar-refractivity contribution is 8.00. The van der Waals surface area contributed by atoms with Gasteiger partial charge in [-0.05, 0) is 61.4 Å². The summed E-state index contributed by atoms with van der Waals surface area (Å²) in [6.45, 7) is 2.74. The number of carbonyl (C=O) groups is 2. The molecule has 4 nitrogen and oxygen atoms in total. The van der Waals surface area contributed by atoms with Gasteiger partial charge in [0.2, 0.25) is 5.91 Å². The van der Waals surface area contributed by atoms with E-state index < -0.39 is 0 Å². The van der Waals surface area contributed by atoms with Gasteiger partial charge < -0.3 is 10.2 Å². The predicted molar refractivity (Wildman–Crippen MR) is 119 cm³/mol. The highest BCUT2D eigenvalue weighted by Crippen LogP contribution is 2.29. The lowest BCUT2D eigenvalue weighted by Crippen LogP contribution is -2.30. The van der Waals surface area contributed by atoms with Crippen molar-refractivity contribution >= 4 is 35.0 Å². The topological polar surface area (TPSA) is 49.4 Å². The summed E-state index contributed by atoms with van der Waals surface area (Å²) in [5.41, 5.74) is 4.76. The van der Waals surface area contributed by atoms with E-state index in [1.54, 1.807) is 0 Å². The molecule has 0 fully saturated rings. The van der Waals surface area contributed by atoms with E-state index in [4.69, 9.17) is 0 Å². The number of thioether (sulfide) groups is 1.